The van der Waals surface area contributed by atoms with Crippen LogP contribution in [0, 0.1) is 0 Å². The zero-order chi connectivity index (χ0) is 10.6. The zero-order valence-corrected chi connectivity index (χ0v) is 8.21. The standard InChI is InChI=1S/C11H14N2O/c1-3-6-13-11-5-4-9(8(2)14)7-10(11)12/h3-5,7,13H,1,6,12H2,2H3. The summed E-state index contributed by atoms with van der Waals surface area (Å²) in [6, 6.07) is 5.23. The van der Waals surface area contributed by atoms with E-state index in [4.69, 9.17) is 5.73 Å². The predicted octanol–water partition coefficient (Wildman–Crippen LogP) is 2.07. The van der Waals surface area contributed by atoms with Crippen LogP contribution in [0.25, 0.3) is 0 Å². The van der Waals surface area contributed by atoms with Crippen molar-refractivity contribution in [1.29, 1.82) is 0 Å². The van der Waals surface area contributed by atoms with Crippen molar-refractivity contribution >= 4 is 17.2 Å². The first kappa shape index (κ1) is 10.3. The van der Waals surface area contributed by atoms with Gasteiger partial charge in [0.2, 0.25) is 0 Å². The van der Waals surface area contributed by atoms with E-state index in [-0.39, 0.29) is 5.78 Å². The number of nitrogen functional groups attached to an aromatic ring is 1. The summed E-state index contributed by atoms with van der Waals surface area (Å²) in [5.41, 5.74) is 7.79. The van der Waals surface area contributed by atoms with Crippen molar-refractivity contribution in [3.05, 3.63) is 36.4 Å². The lowest BCUT2D eigenvalue weighted by molar-refractivity contribution is 0.101. The number of Topliss-reactive ketones (excluding diaryl/α,β-unsaturated/α-hetero) is 1. The molecule has 0 aliphatic rings. The van der Waals surface area contributed by atoms with Gasteiger partial charge < -0.3 is 11.1 Å². The predicted molar refractivity (Wildman–Crippen MR) is 59.5 cm³/mol. The van der Waals surface area contributed by atoms with Gasteiger partial charge in [0.05, 0.1) is 11.4 Å². The monoisotopic (exact) mass is 190 g/mol. The van der Waals surface area contributed by atoms with Crippen LogP contribution in [0.3, 0.4) is 0 Å². The lowest BCUT2D eigenvalue weighted by Crippen LogP contribution is -2.03. The molecular formula is C11H14N2O. The average Bonchev–Trinajstić information content (AvgIpc) is 2.15. The van der Waals surface area contributed by atoms with Gasteiger partial charge in [-0.25, -0.2) is 0 Å². The lowest BCUT2D eigenvalue weighted by Gasteiger charge is -2.07. The highest BCUT2D eigenvalue weighted by Gasteiger charge is 2.02. The molecule has 0 bridgehead atoms. The number of hydrogen-bond acceptors (Lipinski definition) is 3. The highest BCUT2D eigenvalue weighted by atomic mass is 16.1. The van der Waals surface area contributed by atoms with Crippen molar-refractivity contribution in [2.45, 2.75) is 6.92 Å². The molecule has 0 unspecified atom stereocenters. The van der Waals surface area contributed by atoms with Crippen molar-refractivity contribution < 1.29 is 4.79 Å². The number of benzene rings is 1. The van der Waals surface area contributed by atoms with Crippen LogP contribution in [-0.4, -0.2) is 12.3 Å². The van der Waals surface area contributed by atoms with E-state index < -0.39 is 0 Å². The molecule has 0 fully saturated rings. The van der Waals surface area contributed by atoms with Crippen LogP contribution in [-0.2, 0) is 0 Å². The van der Waals surface area contributed by atoms with Crippen LogP contribution in [0.5, 0.6) is 0 Å². The summed E-state index contributed by atoms with van der Waals surface area (Å²) < 4.78 is 0. The number of ketones is 1. The number of carbonyl (C=O) groups excluding carboxylic acids is 1. The lowest BCUT2D eigenvalue weighted by atomic mass is 10.1. The second kappa shape index (κ2) is 4.46. The molecule has 14 heavy (non-hydrogen) atoms. The Labute approximate surface area is 83.6 Å². The number of hydrogen-bond donors (Lipinski definition) is 2. The highest BCUT2D eigenvalue weighted by Crippen LogP contribution is 2.19. The van der Waals surface area contributed by atoms with Crippen molar-refractivity contribution in [3.8, 4) is 0 Å². The Morgan fingerprint density at radius 2 is 2.36 bits per heavy atom. The van der Waals surface area contributed by atoms with E-state index in [0.29, 0.717) is 17.8 Å². The summed E-state index contributed by atoms with van der Waals surface area (Å²) in [5, 5.41) is 3.07. The van der Waals surface area contributed by atoms with Gasteiger partial charge in [-0.3, -0.25) is 4.79 Å². The molecule has 0 aliphatic carbocycles. The first-order valence-corrected chi connectivity index (χ1v) is 4.40. The molecule has 0 radical (unpaired) electrons. The molecule has 0 atom stereocenters. The fourth-order valence-corrected chi connectivity index (χ4v) is 1.12. The van der Waals surface area contributed by atoms with E-state index in [2.05, 4.69) is 11.9 Å². The van der Waals surface area contributed by atoms with Crippen molar-refractivity contribution in [2.75, 3.05) is 17.6 Å². The Morgan fingerprint density at radius 3 is 2.86 bits per heavy atom. The van der Waals surface area contributed by atoms with Crippen molar-refractivity contribution in [1.82, 2.24) is 0 Å². The first-order chi connectivity index (χ1) is 6.65. The van der Waals surface area contributed by atoms with Crippen LogP contribution < -0.4 is 11.1 Å². The average molecular weight is 190 g/mol. The van der Waals surface area contributed by atoms with Gasteiger partial charge in [-0.1, -0.05) is 6.08 Å². The van der Waals surface area contributed by atoms with Gasteiger partial charge in [-0.05, 0) is 25.1 Å². The maximum Gasteiger partial charge on any atom is 0.159 e. The molecule has 0 aromatic heterocycles. The van der Waals surface area contributed by atoms with E-state index in [1.807, 2.05) is 0 Å². The number of nitrogens with one attached hydrogen (secondary N) is 1. The summed E-state index contributed by atoms with van der Waals surface area (Å²) >= 11 is 0. The maximum atomic E-state index is 11.0. The maximum absolute atomic E-state index is 11.0. The molecule has 0 amide bonds. The molecule has 0 saturated heterocycles. The van der Waals surface area contributed by atoms with Crippen LogP contribution in [0.15, 0.2) is 30.9 Å². The molecule has 3 N–H and O–H groups in total. The fourth-order valence-electron chi connectivity index (χ4n) is 1.12. The number of rotatable bonds is 4. The quantitative estimate of drug-likeness (QED) is 0.434. The van der Waals surface area contributed by atoms with Crippen LogP contribution >= 0.6 is 0 Å². The van der Waals surface area contributed by atoms with Gasteiger partial charge in [0, 0.05) is 12.1 Å². The third-order valence-corrected chi connectivity index (χ3v) is 1.89. The topological polar surface area (TPSA) is 55.1 Å². The molecular weight excluding hydrogens is 176 g/mol. The zero-order valence-electron chi connectivity index (χ0n) is 8.21. The van der Waals surface area contributed by atoms with Gasteiger partial charge >= 0.3 is 0 Å². The molecule has 1 aromatic carbocycles. The van der Waals surface area contributed by atoms with Crippen LogP contribution in [0.2, 0.25) is 0 Å². The Kier molecular flexibility index (Phi) is 3.29. The second-order valence-corrected chi connectivity index (χ2v) is 3.03. The summed E-state index contributed by atoms with van der Waals surface area (Å²) in [7, 11) is 0. The normalized spacial score (nSPS) is 9.50. The minimum atomic E-state index is 0.0203. The van der Waals surface area contributed by atoms with Crippen molar-refractivity contribution in [2.24, 2.45) is 0 Å². The minimum absolute atomic E-state index is 0.0203. The van der Waals surface area contributed by atoms with E-state index >= 15 is 0 Å². The second-order valence-electron chi connectivity index (χ2n) is 3.03. The van der Waals surface area contributed by atoms with Gasteiger partial charge in [0.25, 0.3) is 0 Å². The van der Waals surface area contributed by atoms with Gasteiger partial charge in [0.1, 0.15) is 0 Å². The summed E-state index contributed by atoms with van der Waals surface area (Å²) in [5.74, 6) is 0.0203. The molecule has 3 nitrogen and oxygen atoms in total. The fraction of sp³-hybridized carbons (Fsp3) is 0.182. The highest BCUT2D eigenvalue weighted by molar-refractivity contribution is 5.95. The molecule has 0 heterocycles. The molecule has 0 saturated carbocycles. The van der Waals surface area contributed by atoms with Crippen LogP contribution in [0.1, 0.15) is 17.3 Å². The van der Waals surface area contributed by atoms with E-state index in [1.165, 1.54) is 6.92 Å². The van der Waals surface area contributed by atoms with Gasteiger partial charge in [-0.2, -0.15) is 0 Å². The van der Waals surface area contributed by atoms with Crippen molar-refractivity contribution in [3.63, 3.8) is 0 Å². The Hall–Kier alpha value is -1.77. The number of nitrogens with two attached hydrogens (primary N) is 1. The SMILES string of the molecule is C=CCNc1ccc(C(C)=O)cc1N. The largest absolute Gasteiger partial charge is 0.397 e. The summed E-state index contributed by atoms with van der Waals surface area (Å²) in [6.07, 6.45) is 1.75. The number of anilines is 2. The van der Waals surface area contributed by atoms with Gasteiger partial charge in [-0.15, -0.1) is 6.58 Å². The Morgan fingerprint density at radius 1 is 1.64 bits per heavy atom. The van der Waals surface area contributed by atoms with Gasteiger partial charge in [0.15, 0.2) is 5.78 Å². The molecule has 74 valence electrons. The number of carbonyl (C=O) groups is 1. The smallest absolute Gasteiger partial charge is 0.159 e. The Bertz CT molecular complexity index is 358. The molecule has 1 rings (SSSR count). The molecule has 0 spiro atoms. The van der Waals surface area contributed by atoms with E-state index in [0.717, 1.165) is 5.69 Å². The van der Waals surface area contributed by atoms with E-state index in [1.54, 1.807) is 24.3 Å². The van der Waals surface area contributed by atoms with E-state index in [9.17, 15) is 4.79 Å². The molecule has 0 aliphatic heterocycles. The summed E-state index contributed by atoms with van der Waals surface area (Å²) in [4.78, 5) is 11.0. The third kappa shape index (κ3) is 2.36. The van der Waals surface area contributed by atoms with Crippen LogP contribution in [0.4, 0.5) is 11.4 Å². The molecule has 3 heteroatoms. The molecule has 1 aromatic rings. The first-order valence-electron chi connectivity index (χ1n) is 4.40. The summed E-state index contributed by atoms with van der Waals surface area (Å²) in [6.45, 7) is 5.77. The minimum Gasteiger partial charge on any atom is -0.397 e. The Balaban J connectivity index is 2.89. The third-order valence-electron chi connectivity index (χ3n) is 1.89.